The summed E-state index contributed by atoms with van der Waals surface area (Å²) in [5.41, 5.74) is 7.09. The smallest absolute Gasteiger partial charge is 0.253 e. The Kier molecular flexibility index (Phi) is 7.00. The number of nitrogens with one attached hydrogen (secondary N) is 1. The largest absolute Gasteiger partial charge is 0.350 e. The normalized spacial score (nSPS) is 11.9. The maximum Gasteiger partial charge on any atom is 0.253 e. The second-order valence-electron chi connectivity index (χ2n) is 8.61. The molecule has 3 nitrogen and oxygen atoms in total. The number of carbonyl (C=O) groups excluding carboxylic acids is 1. The zero-order valence-electron chi connectivity index (χ0n) is 19.3. The molecule has 1 unspecified atom stereocenters. The summed E-state index contributed by atoms with van der Waals surface area (Å²) >= 11 is 6.12. The molecule has 0 bridgehead atoms. The molecule has 1 aromatic heterocycles. The summed E-state index contributed by atoms with van der Waals surface area (Å²) in [7, 11) is 0. The Morgan fingerprint density at radius 3 is 2.27 bits per heavy atom. The first-order chi connectivity index (χ1) is 15.9. The van der Waals surface area contributed by atoms with Crippen molar-refractivity contribution in [1.82, 2.24) is 9.88 Å². The van der Waals surface area contributed by atoms with Crippen LogP contribution in [0.5, 0.6) is 0 Å². The fraction of sp³-hybridized carbons (Fsp3) is 0.207. The van der Waals surface area contributed by atoms with E-state index in [2.05, 4.69) is 60.1 Å². The van der Waals surface area contributed by atoms with Crippen molar-refractivity contribution in [2.75, 3.05) is 0 Å². The highest BCUT2D eigenvalue weighted by atomic mass is 35.5. The Labute approximate surface area is 201 Å². The minimum absolute atomic E-state index is 0.0471. The van der Waals surface area contributed by atoms with Crippen molar-refractivity contribution in [1.29, 1.82) is 0 Å². The Hall–Kier alpha value is -3.30. The summed E-state index contributed by atoms with van der Waals surface area (Å²) in [6.45, 7) is 6.14. The average molecular weight is 457 g/mol. The molecule has 4 aromatic rings. The van der Waals surface area contributed by atoms with Crippen LogP contribution in [0, 0.1) is 13.8 Å². The molecule has 0 aliphatic carbocycles. The molecule has 0 aliphatic rings. The predicted molar refractivity (Wildman–Crippen MR) is 137 cm³/mol. The molecule has 168 valence electrons. The van der Waals surface area contributed by atoms with Crippen molar-refractivity contribution in [2.24, 2.45) is 0 Å². The number of amides is 1. The molecule has 0 saturated heterocycles. The molecule has 3 aromatic carbocycles. The highest BCUT2D eigenvalue weighted by Crippen LogP contribution is 2.30. The van der Waals surface area contributed by atoms with Crippen LogP contribution in [0.4, 0.5) is 0 Å². The molecule has 4 heteroatoms. The number of hydrogen-bond donors (Lipinski definition) is 1. The van der Waals surface area contributed by atoms with Crippen LogP contribution in [0.25, 0.3) is 16.9 Å². The lowest BCUT2D eigenvalue weighted by atomic mass is 10.1. The van der Waals surface area contributed by atoms with Gasteiger partial charge < -0.3 is 9.88 Å². The van der Waals surface area contributed by atoms with Gasteiger partial charge in [0.15, 0.2) is 0 Å². The van der Waals surface area contributed by atoms with E-state index in [0.717, 1.165) is 35.5 Å². The van der Waals surface area contributed by atoms with Gasteiger partial charge in [0.1, 0.15) is 0 Å². The van der Waals surface area contributed by atoms with Crippen molar-refractivity contribution < 1.29 is 4.79 Å². The van der Waals surface area contributed by atoms with Crippen LogP contribution in [-0.2, 0) is 6.42 Å². The van der Waals surface area contributed by atoms with E-state index in [1.807, 2.05) is 55.5 Å². The fourth-order valence-electron chi connectivity index (χ4n) is 4.10. The van der Waals surface area contributed by atoms with Crippen molar-refractivity contribution in [3.8, 4) is 16.9 Å². The lowest BCUT2D eigenvalue weighted by Gasteiger charge is -2.15. The minimum Gasteiger partial charge on any atom is -0.350 e. The number of benzene rings is 3. The fourth-order valence-corrected chi connectivity index (χ4v) is 4.22. The second-order valence-corrected chi connectivity index (χ2v) is 9.04. The monoisotopic (exact) mass is 456 g/mol. The van der Waals surface area contributed by atoms with E-state index in [1.165, 1.54) is 11.1 Å². The number of carbonyl (C=O) groups is 1. The zero-order chi connectivity index (χ0) is 23.4. The topological polar surface area (TPSA) is 34.0 Å². The number of aryl methyl sites for hydroxylation is 2. The summed E-state index contributed by atoms with van der Waals surface area (Å²) in [5.74, 6) is -0.0471. The zero-order valence-corrected chi connectivity index (χ0v) is 20.1. The van der Waals surface area contributed by atoms with Crippen LogP contribution in [0.1, 0.15) is 40.5 Å². The third-order valence-electron chi connectivity index (χ3n) is 6.01. The lowest BCUT2D eigenvalue weighted by Crippen LogP contribution is -2.33. The Morgan fingerprint density at radius 1 is 0.939 bits per heavy atom. The van der Waals surface area contributed by atoms with Crippen LogP contribution >= 0.6 is 11.6 Å². The Morgan fingerprint density at radius 2 is 1.61 bits per heavy atom. The molecule has 1 N–H and O–H groups in total. The number of nitrogens with zero attached hydrogens (tertiary/aromatic N) is 1. The molecular weight excluding hydrogens is 428 g/mol. The van der Waals surface area contributed by atoms with Gasteiger partial charge in [0.2, 0.25) is 0 Å². The Bertz CT molecular complexity index is 1230. The first-order valence-corrected chi connectivity index (χ1v) is 11.7. The van der Waals surface area contributed by atoms with Gasteiger partial charge >= 0.3 is 0 Å². The lowest BCUT2D eigenvalue weighted by molar-refractivity contribution is 0.0938. The van der Waals surface area contributed by atoms with Crippen molar-refractivity contribution in [2.45, 2.75) is 39.7 Å². The first-order valence-electron chi connectivity index (χ1n) is 11.3. The first kappa shape index (κ1) is 22.9. The molecule has 0 spiro atoms. The van der Waals surface area contributed by atoms with Crippen LogP contribution in [0.3, 0.4) is 0 Å². The van der Waals surface area contributed by atoms with Gasteiger partial charge in [0, 0.05) is 22.4 Å². The summed E-state index contributed by atoms with van der Waals surface area (Å²) in [5, 5.41) is 3.88. The predicted octanol–water partition coefficient (Wildman–Crippen LogP) is 7.17. The van der Waals surface area contributed by atoms with Gasteiger partial charge in [0.05, 0.1) is 11.3 Å². The standard InChI is InChI=1S/C29H29ClN2O/c1-20-9-17-26(18-10-20)32-22(3)27(19-28(32)24-13-15-25(30)16-14-24)29(33)31-21(2)11-12-23-7-5-4-6-8-23/h4-10,13-19,21H,11-12H2,1-3H3,(H,31,33). The molecule has 0 aliphatic heterocycles. The van der Waals surface area contributed by atoms with E-state index in [1.54, 1.807) is 0 Å². The maximum absolute atomic E-state index is 13.3. The SMILES string of the molecule is Cc1ccc(-n2c(-c3ccc(Cl)cc3)cc(C(=O)NC(C)CCc3ccccc3)c2C)cc1. The molecule has 0 radical (unpaired) electrons. The number of rotatable bonds is 7. The van der Waals surface area contributed by atoms with Gasteiger partial charge in [-0.3, -0.25) is 4.79 Å². The van der Waals surface area contributed by atoms with Gasteiger partial charge in [-0.05, 0) is 75.1 Å². The van der Waals surface area contributed by atoms with E-state index in [9.17, 15) is 4.79 Å². The molecule has 1 amide bonds. The van der Waals surface area contributed by atoms with Crippen LogP contribution in [-0.4, -0.2) is 16.5 Å². The third-order valence-corrected chi connectivity index (χ3v) is 6.26. The van der Waals surface area contributed by atoms with Crippen molar-refractivity contribution in [3.63, 3.8) is 0 Å². The van der Waals surface area contributed by atoms with E-state index in [-0.39, 0.29) is 11.9 Å². The quantitative estimate of drug-likeness (QED) is 0.314. The van der Waals surface area contributed by atoms with Gasteiger partial charge in [-0.1, -0.05) is 71.8 Å². The van der Waals surface area contributed by atoms with Crippen LogP contribution < -0.4 is 5.32 Å². The van der Waals surface area contributed by atoms with E-state index in [4.69, 9.17) is 11.6 Å². The summed E-state index contributed by atoms with van der Waals surface area (Å²) in [6.07, 6.45) is 1.82. The average Bonchev–Trinajstić information content (AvgIpc) is 3.16. The van der Waals surface area contributed by atoms with Gasteiger partial charge in [0.25, 0.3) is 5.91 Å². The van der Waals surface area contributed by atoms with Gasteiger partial charge in [-0.2, -0.15) is 0 Å². The van der Waals surface area contributed by atoms with E-state index >= 15 is 0 Å². The minimum atomic E-state index is -0.0471. The molecule has 1 heterocycles. The molecule has 1 atom stereocenters. The number of aromatic nitrogens is 1. The second kappa shape index (κ2) is 10.1. The highest BCUT2D eigenvalue weighted by Gasteiger charge is 2.20. The van der Waals surface area contributed by atoms with Crippen molar-refractivity contribution in [3.05, 3.63) is 112 Å². The maximum atomic E-state index is 13.3. The molecule has 0 saturated carbocycles. The third kappa shape index (κ3) is 5.37. The highest BCUT2D eigenvalue weighted by molar-refractivity contribution is 6.30. The van der Waals surface area contributed by atoms with E-state index < -0.39 is 0 Å². The summed E-state index contributed by atoms with van der Waals surface area (Å²) in [4.78, 5) is 13.3. The van der Waals surface area contributed by atoms with Gasteiger partial charge in [-0.25, -0.2) is 0 Å². The van der Waals surface area contributed by atoms with Crippen LogP contribution in [0.2, 0.25) is 5.02 Å². The molecule has 0 fully saturated rings. The van der Waals surface area contributed by atoms with E-state index in [0.29, 0.717) is 10.6 Å². The Balaban J connectivity index is 1.62. The molecule has 33 heavy (non-hydrogen) atoms. The molecule has 4 rings (SSSR count). The number of hydrogen-bond acceptors (Lipinski definition) is 1. The summed E-state index contributed by atoms with van der Waals surface area (Å²) < 4.78 is 2.15. The molecular formula is C29H29ClN2O. The van der Waals surface area contributed by atoms with Crippen LogP contribution in [0.15, 0.2) is 84.9 Å². The number of halogens is 1. The summed E-state index contributed by atoms with van der Waals surface area (Å²) in [6, 6.07) is 28.5. The van der Waals surface area contributed by atoms with Gasteiger partial charge in [-0.15, -0.1) is 0 Å². The van der Waals surface area contributed by atoms with Crippen molar-refractivity contribution >= 4 is 17.5 Å².